The Hall–Kier alpha value is -2.54. The fraction of sp³-hybridized carbons (Fsp3) is 0.176. The number of benzene rings is 2. The Bertz CT molecular complexity index is 807. The number of rotatable bonds is 4. The Balaban J connectivity index is 1.98. The maximum Gasteiger partial charge on any atom is 0.417 e. The number of alkyl halides is 3. The third-order valence-corrected chi connectivity index (χ3v) is 3.57. The highest BCUT2D eigenvalue weighted by Crippen LogP contribution is 2.36. The van der Waals surface area contributed by atoms with Crippen LogP contribution in [0.25, 0.3) is 0 Å². The van der Waals surface area contributed by atoms with E-state index in [1.807, 2.05) is 13.0 Å². The standard InChI is InChI=1S/C17H14ClF3N2O2/c1-10-3-2-4-11(7-10)16(25)22-9-15(24)23-12-5-6-14(18)13(8-12)17(19,20)21/h2-8H,9H2,1H3,(H,22,25)(H,23,24). The van der Waals surface area contributed by atoms with Crippen LogP contribution in [0.5, 0.6) is 0 Å². The topological polar surface area (TPSA) is 58.2 Å². The van der Waals surface area contributed by atoms with E-state index in [1.54, 1.807) is 18.2 Å². The summed E-state index contributed by atoms with van der Waals surface area (Å²) in [6.07, 6.45) is -4.63. The first-order valence-corrected chi connectivity index (χ1v) is 7.56. The van der Waals surface area contributed by atoms with Crippen molar-refractivity contribution in [3.8, 4) is 0 Å². The van der Waals surface area contributed by atoms with Gasteiger partial charge in [-0.2, -0.15) is 13.2 Å². The number of nitrogens with one attached hydrogen (secondary N) is 2. The zero-order valence-corrected chi connectivity index (χ0v) is 13.8. The van der Waals surface area contributed by atoms with E-state index in [0.29, 0.717) is 5.56 Å². The third-order valence-electron chi connectivity index (χ3n) is 3.25. The zero-order valence-electron chi connectivity index (χ0n) is 13.1. The molecule has 2 amide bonds. The summed E-state index contributed by atoms with van der Waals surface area (Å²) < 4.78 is 38.4. The molecule has 0 radical (unpaired) electrons. The third kappa shape index (κ3) is 5.22. The van der Waals surface area contributed by atoms with E-state index in [2.05, 4.69) is 10.6 Å². The number of halogens is 4. The molecule has 2 N–H and O–H groups in total. The van der Waals surface area contributed by atoms with Gasteiger partial charge >= 0.3 is 6.18 Å². The Labute approximate surface area is 147 Å². The second kappa shape index (κ2) is 7.57. The van der Waals surface area contributed by atoms with Crippen molar-refractivity contribution < 1.29 is 22.8 Å². The molecule has 0 heterocycles. The van der Waals surface area contributed by atoms with Crippen molar-refractivity contribution in [1.82, 2.24) is 5.32 Å². The first-order chi connectivity index (χ1) is 11.7. The lowest BCUT2D eigenvalue weighted by molar-refractivity contribution is -0.137. The van der Waals surface area contributed by atoms with Crippen molar-refractivity contribution in [2.45, 2.75) is 13.1 Å². The van der Waals surface area contributed by atoms with E-state index in [1.165, 1.54) is 6.07 Å². The van der Waals surface area contributed by atoms with Crippen molar-refractivity contribution in [3.63, 3.8) is 0 Å². The number of carbonyl (C=O) groups is 2. The van der Waals surface area contributed by atoms with Crippen LogP contribution in [0.15, 0.2) is 42.5 Å². The summed E-state index contributed by atoms with van der Waals surface area (Å²) in [5.41, 5.74) is 0.166. The van der Waals surface area contributed by atoms with Crippen LogP contribution in [0.4, 0.5) is 18.9 Å². The molecule has 0 saturated heterocycles. The Morgan fingerprint density at radius 3 is 2.48 bits per heavy atom. The summed E-state index contributed by atoms with van der Waals surface area (Å²) in [7, 11) is 0. The lowest BCUT2D eigenvalue weighted by Gasteiger charge is -2.12. The fourth-order valence-corrected chi connectivity index (χ4v) is 2.30. The molecule has 8 heteroatoms. The summed E-state index contributed by atoms with van der Waals surface area (Å²) in [5.74, 6) is -1.11. The molecular weight excluding hydrogens is 357 g/mol. The summed E-state index contributed by atoms with van der Waals surface area (Å²) in [6.45, 7) is 1.44. The first kappa shape index (κ1) is 18.8. The highest BCUT2D eigenvalue weighted by molar-refractivity contribution is 6.31. The number of carbonyl (C=O) groups excluding carboxylic acids is 2. The molecule has 0 aliphatic heterocycles. The first-order valence-electron chi connectivity index (χ1n) is 7.18. The number of hydrogen-bond acceptors (Lipinski definition) is 2. The van der Waals surface area contributed by atoms with Crippen molar-refractivity contribution in [1.29, 1.82) is 0 Å². The van der Waals surface area contributed by atoms with Crippen molar-refractivity contribution >= 4 is 29.1 Å². The minimum atomic E-state index is -4.63. The van der Waals surface area contributed by atoms with Crippen molar-refractivity contribution in [2.24, 2.45) is 0 Å². The van der Waals surface area contributed by atoms with Gasteiger partial charge in [0.25, 0.3) is 5.91 Å². The lowest BCUT2D eigenvalue weighted by atomic mass is 10.1. The second-order valence-corrected chi connectivity index (χ2v) is 5.70. The summed E-state index contributed by atoms with van der Waals surface area (Å²) >= 11 is 5.51. The Kier molecular flexibility index (Phi) is 5.69. The van der Waals surface area contributed by atoms with Crippen LogP contribution in [-0.4, -0.2) is 18.4 Å². The maximum absolute atomic E-state index is 12.8. The molecule has 0 aliphatic carbocycles. The molecule has 0 saturated carbocycles. The monoisotopic (exact) mass is 370 g/mol. The summed E-state index contributed by atoms with van der Waals surface area (Å²) in [6, 6.07) is 9.81. The molecule has 0 bridgehead atoms. The molecule has 0 unspecified atom stereocenters. The number of anilines is 1. The SMILES string of the molecule is Cc1cccc(C(=O)NCC(=O)Nc2ccc(Cl)c(C(F)(F)F)c2)c1. The second-order valence-electron chi connectivity index (χ2n) is 5.29. The van der Waals surface area contributed by atoms with Crippen LogP contribution in [0.1, 0.15) is 21.5 Å². The molecule has 4 nitrogen and oxygen atoms in total. The highest BCUT2D eigenvalue weighted by Gasteiger charge is 2.33. The Morgan fingerprint density at radius 1 is 1.12 bits per heavy atom. The van der Waals surface area contributed by atoms with Crippen molar-refractivity contribution in [3.05, 3.63) is 64.2 Å². The van der Waals surface area contributed by atoms with Gasteiger partial charge in [-0.05, 0) is 37.3 Å². The van der Waals surface area contributed by atoms with E-state index in [4.69, 9.17) is 11.6 Å². The van der Waals surface area contributed by atoms with Crippen LogP contribution in [0.3, 0.4) is 0 Å². The predicted octanol–water partition coefficient (Wildman–Crippen LogP) is 4.04. The van der Waals surface area contributed by atoms with Gasteiger partial charge in [0.05, 0.1) is 17.1 Å². The summed E-state index contributed by atoms with van der Waals surface area (Å²) in [5, 5.41) is 4.23. The Morgan fingerprint density at radius 2 is 1.84 bits per heavy atom. The average molecular weight is 371 g/mol. The molecule has 0 aromatic heterocycles. The lowest BCUT2D eigenvalue weighted by Crippen LogP contribution is -2.32. The fourth-order valence-electron chi connectivity index (χ4n) is 2.07. The molecule has 132 valence electrons. The van der Waals surface area contributed by atoms with Crippen LogP contribution in [0, 0.1) is 6.92 Å². The minimum absolute atomic E-state index is 0.0634. The van der Waals surface area contributed by atoms with Gasteiger partial charge in [0.15, 0.2) is 0 Å². The van der Waals surface area contributed by atoms with Gasteiger partial charge in [-0.15, -0.1) is 0 Å². The van der Waals surface area contributed by atoms with E-state index in [9.17, 15) is 22.8 Å². The van der Waals surface area contributed by atoms with Crippen molar-refractivity contribution in [2.75, 3.05) is 11.9 Å². The average Bonchev–Trinajstić information content (AvgIpc) is 2.53. The van der Waals surface area contributed by atoms with Crippen LogP contribution >= 0.6 is 11.6 Å². The summed E-state index contributed by atoms with van der Waals surface area (Å²) in [4.78, 5) is 23.7. The molecular formula is C17H14ClF3N2O2. The molecule has 2 aromatic rings. The quantitative estimate of drug-likeness (QED) is 0.853. The number of hydrogen-bond donors (Lipinski definition) is 2. The van der Waals surface area contributed by atoms with Gasteiger partial charge in [0.1, 0.15) is 0 Å². The van der Waals surface area contributed by atoms with Crippen LogP contribution in [0.2, 0.25) is 5.02 Å². The molecule has 0 aliphatic rings. The predicted molar refractivity (Wildman–Crippen MR) is 88.6 cm³/mol. The van der Waals surface area contributed by atoms with Gasteiger partial charge in [-0.3, -0.25) is 9.59 Å². The molecule has 0 fully saturated rings. The molecule has 0 atom stereocenters. The maximum atomic E-state index is 12.8. The van der Waals surface area contributed by atoms with Gasteiger partial charge in [0, 0.05) is 11.3 Å². The molecule has 2 rings (SSSR count). The largest absolute Gasteiger partial charge is 0.417 e. The van der Waals surface area contributed by atoms with Gasteiger partial charge in [-0.1, -0.05) is 29.3 Å². The van der Waals surface area contributed by atoms with Crippen LogP contribution < -0.4 is 10.6 Å². The molecule has 0 spiro atoms. The van der Waals surface area contributed by atoms with Gasteiger partial charge in [0.2, 0.25) is 5.91 Å². The van der Waals surface area contributed by atoms with E-state index in [0.717, 1.165) is 17.7 Å². The minimum Gasteiger partial charge on any atom is -0.343 e. The smallest absolute Gasteiger partial charge is 0.343 e. The van der Waals surface area contributed by atoms with Gasteiger partial charge < -0.3 is 10.6 Å². The highest BCUT2D eigenvalue weighted by atomic mass is 35.5. The molecule has 2 aromatic carbocycles. The molecule has 25 heavy (non-hydrogen) atoms. The van der Waals surface area contributed by atoms with E-state index in [-0.39, 0.29) is 12.2 Å². The number of aryl methyl sites for hydroxylation is 1. The van der Waals surface area contributed by atoms with Crippen LogP contribution in [-0.2, 0) is 11.0 Å². The normalized spacial score (nSPS) is 11.1. The van der Waals surface area contributed by atoms with E-state index >= 15 is 0 Å². The number of amides is 2. The zero-order chi connectivity index (χ0) is 18.6. The van der Waals surface area contributed by atoms with E-state index < -0.39 is 28.6 Å². The van der Waals surface area contributed by atoms with Gasteiger partial charge in [-0.25, -0.2) is 0 Å².